The van der Waals surface area contributed by atoms with E-state index in [2.05, 4.69) is 0 Å². The third-order valence-electron chi connectivity index (χ3n) is 3.59. The lowest BCUT2D eigenvalue weighted by molar-refractivity contribution is -0.0668. The fraction of sp³-hybridized carbons (Fsp3) is 0.235. The maximum atomic E-state index is 12.2. The lowest BCUT2D eigenvalue weighted by atomic mass is 9.95. The molecule has 0 bridgehead atoms. The zero-order valence-electron chi connectivity index (χ0n) is 11.4. The van der Waals surface area contributed by atoms with Gasteiger partial charge < -0.3 is 10.0 Å². The van der Waals surface area contributed by atoms with Crippen molar-refractivity contribution in [3.8, 4) is 11.1 Å². The van der Waals surface area contributed by atoms with Crippen LogP contribution in [0.1, 0.15) is 17.3 Å². The van der Waals surface area contributed by atoms with E-state index in [1.54, 1.807) is 11.8 Å². The number of benzene rings is 2. The van der Waals surface area contributed by atoms with Gasteiger partial charge in [-0.05, 0) is 30.2 Å². The molecule has 2 aromatic rings. The van der Waals surface area contributed by atoms with E-state index >= 15 is 0 Å². The molecular weight excluding hydrogens is 250 g/mol. The van der Waals surface area contributed by atoms with Crippen LogP contribution in [-0.4, -0.2) is 34.6 Å². The molecule has 3 heteroatoms. The first-order valence-electron chi connectivity index (χ1n) is 6.72. The van der Waals surface area contributed by atoms with Crippen LogP contribution in [0, 0.1) is 0 Å². The number of hydrogen-bond donors (Lipinski definition) is 1. The van der Waals surface area contributed by atoms with E-state index in [9.17, 15) is 9.90 Å². The normalized spacial score (nSPS) is 16.6. The number of hydrogen-bond acceptors (Lipinski definition) is 2. The molecule has 1 amide bonds. The van der Waals surface area contributed by atoms with Gasteiger partial charge in [-0.15, -0.1) is 0 Å². The maximum Gasteiger partial charge on any atom is 0.254 e. The number of aliphatic hydroxyl groups is 1. The van der Waals surface area contributed by atoms with Crippen molar-refractivity contribution < 1.29 is 9.90 Å². The second-order valence-corrected chi connectivity index (χ2v) is 5.60. The lowest BCUT2D eigenvalue weighted by Gasteiger charge is -2.44. The van der Waals surface area contributed by atoms with Crippen LogP contribution < -0.4 is 0 Å². The molecule has 20 heavy (non-hydrogen) atoms. The van der Waals surface area contributed by atoms with Crippen LogP contribution in [-0.2, 0) is 0 Å². The third-order valence-corrected chi connectivity index (χ3v) is 3.59. The van der Waals surface area contributed by atoms with Gasteiger partial charge in [-0.2, -0.15) is 0 Å². The van der Waals surface area contributed by atoms with Gasteiger partial charge in [0.2, 0.25) is 0 Å². The van der Waals surface area contributed by atoms with Gasteiger partial charge in [0.25, 0.3) is 5.91 Å². The molecule has 0 aliphatic carbocycles. The number of β-amino-alcohol motifs (C(OH)–C–C–N with tert-alkyl or cyclic N) is 1. The summed E-state index contributed by atoms with van der Waals surface area (Å²) in [5.41, 5.74) is 2.18. The van der Waals surface area contributed by atoms with Gasteiger partial charge in [0.05, 0.1) is 18.7 Å². The molecule has 2 aromatic carbocycles. The predicted octanol–water partition coefficient (Wildman–Crippen LogP) is 2.56. The van der Waals surface area contributed by atoms with Crippen molar-refractivity contribution in [1.29, 1.82) is 0 Å². The Morgan fingerprint density at radius 3 is 2.10 bits per heavy atom. The monoisotopic (exact) mass is 267 g/mol. The summed E-state index contributed by atoms with van der Waals surface area (Å²) < 4.78 is 0. The molecule has 0 unspecified atom stereocenters. The van der Waals surface area contributed by atoms with Gasteiger partial charge in [0.1, 0.15) is 0 Å². The minimum atomic E-state index is -0.723. The lowest BCUT2D eigenvalue weighted by Crippen LogP contribution is -2.61. The molecule has 3 nitrogen and oxygen atoms in total. The largest absolute Gasteiger partial charge is 0.386 e. The Morgan fingerprint density at radius 1 is 1.00 bits per heavy atom. The Bertz CT molecular complexity index is 609. The van der Waals surface area contributed by atoms with Crippen LogP contribution in [0.2, 0.25) is 0 Å². The summed E-state index contributed by atoms with van der Waals surface area (Å²) in [6.45, 7) is 2.56. The second-order valence-electron chi connectivity index (χ2n) is 5.60. The van der Waals surface area contributed by atoms with Crippen molar-refractivity contribution >= 4 is 5.91 Å². The van der Waals surface area contributed by atoms with Crippen molar-refractivity contribution in [2.75, 3.05) is 13.1 Å². The number of likely N-dealkylation sites (tertiary alicyclic amines) is 1. The predicted molar refractivity (Wildman–Crippen MR) is 78.4 cm³/mol. The Morgan fingerprint density at radius 2 is 1.55 bits per heavy atom. The average molecular weight is 267 g/mol. The summed E-state index contributed by atoms with van der Waals surface area (Å²) in [5.74, 6) is -0.0175. The molecule has 1 N–H and O–H groups in total. The Hall–Kier alpha value is -2.13. The first kappa shape index (κ1) is 12.9. The summed E-state index contributed by atoms with van der Waals surface area (Å²) in [7, 11) is 0. The van der Waals surface area contributed by atoms with E-state index in [1.807, 2.05) is 54.6 Å². The molecule has 0 atom stereocenters. The standard InChI is InChI=1S/C17H17NO2/c1-17(20)11-18(12-17)16(19)15-9-7-14(8-10-15)13-5-3-2-4-6-13/h2-10,20H,11-12H2,1H3. The zero-order valence-corrected chi connectivity index (χ0v) is 11.4. The van der Waals surface area contributed by atoms with E-state index in [0.29, 0.717) is 18.7 Å². The van der Waals surface area contributed by atoms with E-state index in [-0.39, 0.29) is 5.91 Å². The van der Waals surface area contributed by atoms with Gasteiger partial charge in [-0.1, -0.05) is 42.5 Å². The summed E-state index contributed by atoms with van der Waals surface area (Å²) in [6.07, 6.45) is 0. The van der Waals surface area contributed by atoms with Gasteiger partial charge >= 0.3 is 0 Å². The minimum Gasteiger partial charge on any atom is -0.386 e. The van der Waals surface area contributed by atoms with E-state index in [1.165, 1.54) is 0 Å². The third kappa shape index (κ3) is 2.45. The topological polar surface area (TPSA) is 40.5 Å². The molecule has 1 aliphatic rings. The van der Waals surface area contributed by atoms with Crippen molar-refractivity contribution in [2.45, 2.75) is 12.5 Å². The van der Waals surface area contributed by atoms with Crippen LogP contribution >= 0.6 is 0 Å². The highest BCUT2D eigenvalue weighted by atomic mass is 16.3. The molecular formula is C17H17NO2. The molecule has 1 heterocycles. The Kier molecular flexibility index (Phi) is 3.07. The SMILES string of the molecule is CC1(O)CN(C(=O)c2ccc(-c3ccccc3)cc2)C1. The number of carbonyl (C=O) groups is 1. The number of amides is 1. The quantitative estimate of drug-likeness (QED) is 0.908. The molecule has 1 aliphatic heterocycles. The first-order valence-corrected chi connectivity index (χ1v) is 6.72. The molecule has 3 rings (SSSR count). The molecule has 0 spiro atoms. The highest BCUT2D eigenvalue weighted by molar-refractivity contribution is 5.95. The smallest absolute Gasteiger partial charge is 0.254 e. The number of rotatable bonds is 2. The van der Waals surface area contributed by atoms with Crippen molar-refractivity contribution in [3.63, 3.8) is 0 Å². The summed E-state index contributed by atoms with van der Waals surface area (Å²) >= 11 is 0. The van der Waals surface area contributed by atoms with Crippen molar-refractivity contribution in [2.24, 2.45) is 0 Å². The van der Waals surface area contributed by atoms with Crippen LogP contribution in [0.4, 0.5) is 0 Å². The number of nitrogens with zero attached hydrogens (tertiary/aromatic N) is 1. The molecule has 0 aromatic heterocycles. The summed E-state index contributed by atoms with van der Waals surface area (Å²) in [5, 5.41) is 9.68. The van der Waals surface area contributed by atoms with E-state index < -0.39 is 5.60 Å². The van der Waals surface area contributed by atoms with Crippen LogP contribution in [0.3, 0.4) is 0 Å². The van der Waals surface area contributed by atoms with Gasteiger partial charge in [-0.25, -0.2) is 0 Å². The molecule has 0 saturated carbocycles. The summed E-state index contributed by atoms with van der Waals surface area (Å²) in [6, 6.07) is 17.7. The van der Waals surface area contributed by atoms with Crippen molar-refractivity contribution in [1.82, 2.24) is 4.90 Å². The van der Waals surface area contributed by atoms with Crippen LogP contribution in [0.5, 0.6) is 0 Å². The van der Waals surface area contributed by atoms with Crippen molar-refractivity contribution in [3.05, 3.63) is 60.2 Å². The summed E-state index contributed by atoms with van der Waals surface area (Å²) in [4.78, 5) is 13.8. The average Bonchev–Trinajstić information content (AvgIpc) is 2.45. The zero-order chi connectivity index (χ0) is 14.2. The first-order chi connectivity index (χ1) is 9.55. The van der Waals surface area contributed by atoms with Gasteiger partial charge in [-0.3, -0.25) is 4.79 Å². The van der Waals surface area contributed by atoms with Crippen LogP contribution in [0.25, 0.3) is 11.1 Å². The second kappa shape index (κ2) is 4.76. The highest BCUT2D eigenvalue weighted by Crippen LogP contribution is 2.24. The van der Waals surface area contributed by atoms with Gasteiger partial charge in [0.15, 0.2) is 0 Å². The van der Waals surface area contributed by atoms with Gasteiger partial charge in [0, 0.05) is 5.56 Å². The van der Waals surface area contributed by atoms with Crippen LogP contribution in [0.15, 0.2) is 54.6 Å². The fourth-order valence-electron chi connectivity index (χ4n) is 2.54. The van der Waals surface area contributed by atoms with E-state index in [0.717, 1.165) is 11.1 Å². The number of carbonyl (C=O) groups excluding carboxylic acids is 1. The molecule has 102 valence electrons. The molecule has 1 fully saturated rings. The maximum absolute atomic E-state index is 12.2. The Labute approximate surface area is 118 Å². The Balaban J connectivity index is 1.75. The van der Waals surface area contributed by atoms with E-state index in [4.69, 9.17) is 0 Å². The molecule has 1 saturated heterocycles. The fourth-order valence-corrected chi connectivity index (χ4v) is 2.54. The minimum absolute atomic E-state index is 0.0175. The molecule has 0 radical (unpaired) electrons. The highest BCUT2D eigenvalue weighted by Gasteiger charge is 2.39.